The number of halogens is 1. The molecule has 21 heavy (non-hydrogen) atoms. The van der Waals surface area contributed by atoms with Crippen LogP contribution in [0.3, 0.4) is 0 Å². The highest BCUT2D eigenvalue weighted by Crippen LogP contribution is 2.60. The Morgan fingerprint density at radius 3 is 2.38 bits per heavy atom. The van der Waals surface area contributed by atoms with Crippen molar-refractivity contribution >= 4 is 17.4 Å². The van der Waals surface area contributed by atoms with E-state index >= 15 is 0 Å². The van der Waals surface area contributed by atoms with Crippen LogP contribution in [-0.2, 0) is 4.79 Å². The number of rotatable bonds is 4. The van der Waals surface area contributed by atoms with Crippen molar-refractivity contribution in [2.24, 2.45) is 23.2 Å². The van der Waals surface area contributed by atoms with Crippen LogP contribution in [0, 0.1) is 23.2 Å². The molecule has 0 aromatic carbocycles. The normalized spacial score (nSPS) is 36.7. The maximum absolute atomic E-state index is 12.8. The number of ether oxygens (including phenoxy) is 1. The lowest BCUT2D eigenvalue weighted by atomic mass is 9.48. The Morgan fingerprint density at radius 1 is 1.19 bits per heavy atom. The summed E-state index contributed by atoms with van der Waals surface area (Å²) in [6.07, 6.45) is 10.5. The van der Waals surface area contributed by atoms with Crippen molar-refractivity contribution < 1.29 is 9.53 Å². The van der Waals surface area contributed by atoms with Crippen molar-refractivity contribution in [3.63, 3.8) is 0 Å². The predicted octanol–water partition coefficient (Wildman–Crippen LogP) is 3.90. The van der Waals surface area contributed by atoms with E-state index in [1.165, 1.54) is 19.3 Å². The minimum Gasteiger partial charge on any atom is -0.484 e. The summed E-state index contributed by atoms with van der Waals surface area (Å²) in [6.45, 7) is 0.161. The van der Waals surface area contributed by atoms with Gasteiger partial charge in [-0.2, -0.15) is 0 Å². The molecule has 0 unspecified atom stereocenters. The van der Waals surface area contributed by atoms with Crippen LogP contribution in [0.1, 0.15) is 38.5 Å². The molecule has 4 aliphatic rings. The molecule has 3 nitrogen and oxygen atoms in total. The zero-order valence-electron chi connectivity index (χ0n) is 12.1. The highest BCUT2D eigenvalue weighted by molar-refractivity contribution is 6.30. The van der Waals surface area contributed by atoms with Gasteiger partial charge in [-0.15, -0.1) is 0 Å². The molecule has 0 spiro atoms. The molecule has 4 saturated carbocycles. The number of hydrogen-bond acceptors (Lipinski definition) is 3. The summed E-state index contributed by atoms with van der Waals surface area (Å²) in [4.78, 5) is 16.8. The second kappa shape index (κ2) is 4.98. The van der Waals surface area contributed by atoms with E-state index in [2.05, 4.69) is 4.98 Å². The van der Waals surface area contributed by atoms with E-state index in [9.17, 15) is 4.79 Å². The van der Waals surface area contributed by atoms with Crippen LogP contribution in [0.5, 0.6) is 5.75 Å². The molecule has 4 aliphatic carbocycles. The molecule has 1 aromatic heterocycles. The SMILES string of the molecule is O=C(COc1cncc(Cl)c1)C12CC3CC(CC(C3)C1)C2. The number of carbonyl (C=O) groups is 1. The van der Waals surface area contributed by atoms with E-state index in [4.69, 9.17) is 16.3 Å². The predicted molar refractivity (Wildman–Crippen MR) is 80.4 cm³/mol. The minimum absolute atomic E-state index is 0.0826. The Balaban J connectivity index is 1.45. The van der Waals surface area contributed by atoms with Gasteiger partial charge < -0.3 is 4.74 Å². The first kappa shape index (κ1) is 13.6. The third kappa shape index (κ3) is 2.46. The van der Waals surface area contributed by atoms with Crippen molar-refractivity contribution in [3.8, 4) is 5.75 Å². The number of hydrogen-bond donors (Lipinski definition) is 0. The summed E-state index contributed by atoms with van der Waals surface area (Å²) < 4.78 is 5.64. The molecule has 112 valence electrons. The van der Waals surface area contributed by atoms with Gasteiger partial charge in [0.05, 0.1) is 11.2 Å². The van der Waals surface area contributed by atoms with Crippen LogP contribution in [0.25, 0.3) is 0 Å². The molecule has 1 heterocycles. The van der Waals surface area contributed by atoms with Crippen LogP contribution < -0.4 is 4.74 Å². The molecule has 0 saturated heterocycles. The van der Waals surface area contributed by atoms with Gasteiger partial charge in [-0.1, -0.05) is 11.6 Å². The van der Waals surface area contributed by atoms with Crippen molar-refractivity contribution in [2.45, 2.75) is 38.5 Å². The van der Waals surface area contributed by atoms with Gasteiger partial charge in [-0.05, 0) is 56.3 Å². The average Bonchev–Trinajstić information content (AvgIpc) is 2.43. The first-order chi connectivity index (χ1) is 10.1. The van der Waals surface area contributed by atoms with Crippen LogP contribution in [-0.4, -0.2) is 17.4 Å². The van der Waals surface area contributed by atoms with Crippen LogP contribution in [0.2, 0.25) is 5.02 Å². The molecule has 5 rings (SSSR count). The molecule has 0 amide bonds. The zero-order chi connectivity index (χ0) is 14.4. The summed E-state index contributed by atoms with van der Waals surface area (Å²) in [6, 6.07) is 1.71. The van der Waals surface area contributed by atoms with E-state index in [-0.39, 0.29) is 12.0 Å². The Kier molecular flexibility index (Phi) is 3.21. The molecule has 1 aromatic rings. The van der Waals surface area contributed by atoms with Crippen LogP contribution in [0.4, 0.5) is 0 Å². The summed E-state index contributed by atoms with van der Waals surface area (Å²) in [5.41, 5.74) is -0.0826. The van der Waals surface area contributed by atoms with Gasteiger partial charge in [-0.3, -0.25) is 9.78 Å². The van der Waals surface area contributed by atoms with Gasteiger partial charge in [0.25, 0.3) is 0 Å². The van der Waals surface area contributed by atoms with Gasteiger partial charge in [0, 0.05) is 17.7 Å². The number of aromatic nitrogens is 1. The molecule has 4 fully saturated rings. The largest absolute Gasteiger partial charge is 0.484 e. The maximum atomic E-state index is 12.8. The Bertz CT molecular complexity index is 536. The first-order valence-corrected chi connectivity index (χ1v) is 8.27. The number of Topliss-reactive ketones (excluding diaryl/α,β-unsaturated/α-hetero) is 1. The van der Waals surface area contributed by atoms with Gasteiger partial charge in [0.1, 0.15) is 12.4 Å². The third-order valence-corrected chi connectivity index (χ3v) is 5.89. The van der Waals surface area contributed by atoms with Crippen LogP contribution in [0.15, 0.2) is 18.5 Å². The zero-order valence-corrected chi connectivity index (χ0v) is 12.8. The van der Waals surface area contributed by atoms with Crippen LogP contribution >= 0.6 is 11.6 Å². The van der Waals surface area contributed by atoms with E-state index < -0.39 is 0 Å². The Labute approximate surface area is 130 Å². The second-order valence-corrected chi connectivity index (χ2v) is 7.69. The molecular weight excluding hydrogens is 286 g/mol. The Morgan fingerprint density at radius 2 is 1.81 bits per heavy atom. The minimum atomic E-state index is -0.0826. The van der Waals surface area contributed by atoms with Crippen molar-refractivity contribution in [3.05, 3.63) is 23.5 Å². The number of ketones is 1. The monoisotopic (exact) mass is 305 g/mol. The lowest BCUT2D eigenvalue weighted by Gasteiger charge is -2.55. The number of carbonyl (C=O) groups excluding carboxylic acids is 1. The highest BCUT2D eigenvalue weighted by atomic mass is 35.5. The smallest absolute Gasteiger partial charge is 0.176 e. The van der Waals surface area contributed by atoms with Crippen molar-refractivity contribution in [1.82, 2.24) is 4.98 Å². The second-order valence-electron chi connectivity index (χ2n) is 7.25. The van der Waals surface area contributed by atoms with Gasteiger partial charge in [0.2, 0.25) is 0 Å². The van der Waals surface area contributed by atoms with Gasteiger partial charge >= 0.3 is 0 Å². The quantitative estimate of drug-likeness (QED) is 0.847. The van der Waals surface area contributed by atoms with E-state index in [0.717, 1.165) is 37.0 Å². The maximum Gasteiger partial charge on any atom is 0.176 e. The molecule has 0 aliphatic heterocycles. The third-order valence-electron chi connectivity index (χ3n) is 5.68. The lowest BCUT2D eigenvalue weighted by Crippen LogP contribution is -2.51. The first-order valence-electron chi connectivity index (χ1n) is 7.90. The van der Waals surface area contributed by atoms with Gasteiger partial charge in [-0.25, -0.2) is 0 Å². The molecule has 0 radical (unpaired) electrons. The average molecular weight is 306 g/mol. The van der Waals surface area contributed by atoms with Crippen molar-refractivity contribution in [1.29, 1.82) is 0 Å². The molecule has 4 bridgehead atoms. The lowest BCUT2D eigenvalue weighted by molar-refractivity contribution is -0.145. The van der Waals surface area contributed by atoms with E-state index in [1.54, 1.807) is 18.5 Å². The molecular formula is C17H20ClNO2. The summed E-state index contributed by atoms with van der Waals surface area (Å²) >= 11 is 5.89. The van der Waals surface area contributed by atoms with Gasteiger partial charge in [0.15, 0.2) is 5.78 Å². The fraction of sp³-hybridized carbons (Fsp3) is 0.647. The summed E-state index contributed by atoms with van der Waals surface area (Å²) in [5, 5.41) is 0.537. The fourth-order valence-electron chi connectivity index (χ4n) is 5.23. The molecule has 0 atom stereocenters. The highest BCUT2D eigenvalue weighted by Gasteiger charge is 2.54. The summed E-state index contributed by atoms with van der Waals surface area (Å²) in [7, 11) is 0. The number of pyridine rings is 1. The fourth-order valence-corrected chi connectivity index (χ4v) is 5.39. The van der Waals surface area contributed by atoms with E-state index in [1.807, 2.05) is 0 Å². The Hall–Kier alpha value is -1.09. The molecule has 0 N–H and O–H groups in total. The van der Waals surface area contributed by atoms with Crippen molar-refractivity contribution in [2.75, 3.05) is 6.61 Å². The topological polar surface area (TPSA) is 39.2 Å². The summed E-state index contributed by atoms with van der Waals surface area (Å²) in [5.74, 6) is 3.23. The number of nitrogens with zero attached hydrogens (tertiary/aromatic N) is 1. The van der Waals surface area contributed by atoms with E-state index in [0.29, 0.717) is 16.6 Å². The standard InChI is InChI=1S/C17H20ClNO2/c18-14-4-15(9-19-8-14)21-10-16(20)17-5-11-1-12(6-17)3-13(2-11)7-17/h4,8-9,11-13H,1-3,5-7,10H2. The molecule has 4 heteroatoms.